The molecule has 1 aliphatic heterocycles. The zero-order valence-electron chi connectivity index (χ0n) is 11.8. The SMILES string of the molecule is CC(C)(C)OC(=O)NCC1NCCc2ccccc21. The van der Waals surface area contributed by atoms with E-state index >= 15 is 0 Å². The van der Waals surface area contributed by atoms with Crippen LogP contribution < -0.4 is 10.6 Å². The van der Waals surface area contributed by atoms with E-state index in [4.69, 9.17) is 4.74 Å². The van der Waals surface area contributed by atoms with Crippen molar-refractivity contribution < 1.29 is 9.53 Å². The van der Waals surface area contributed by atoms with Crippen LogP contribution in [-0.2, 0) is 11.2 Å². The molecule has 0 aromatic heterocycles. The molecule has 1 aliphatic rings. The van der Waals surface area contributed by atoms with Crippen molar-refractivity contribution in [3.8, 4) is 0 Å². The number of carbonyl (C=O) groups excluding carboxylic acids is 1. The van der Waals surface area contributed by atoms with E-state index in [9.17, 15) is 4.79 Å². The quantitative estimate of drug-likeness (QED) is 0.860. The van der Waals surface area contributed by atoms with Crippen LogP contribution in [0.25, 0.3) is 0 Å². The molecule has 0 radical (unpaired) electrons. The lowest BCUT2D eigenvalue weighted by Crippen LogP contribution is -2.40. The van der Waals surface area contributed by atoms with Crippen molar-refractivity contribution in [2.24, 2.45) is 0 Å². The van der Waals surface area contributed by atoms with Crippen LogP contribution in [0, 0.1) is 0 Å². The molecule has 1 heterocycles. The Morgan fingerprint density at radius 1 is 1.42 bits per heavy atom. The Bertz CT molecular complexity index is 452. The van der Waals surface area contributed by atoms with Crippen LogP contribution in [0.4, 0.5) is 4.79 Å². The lowest BCUT2D eigenvalue weighted by Gasteiger charge is -2.27. The van der Waals surface area contributed by atoms with E-state index in [2.05, 4.69) is 28.8 Å². The maximum Gasteiger partial charge on any atom is 0.407 e. The first-order valence-electron chi connectivity index (χ1n) is 6.74. The van der Waals surface area contributed by atoms with Crippen molar-refractivity contribution in [1.29, 1.82) is 0 Å². The maximum atomic E-state index is 11.7. The van der Waals surface area contributed by atoms with Crippen LogP contribution in [0.5, 0.6) is 0 Å². The molecule has 1 aromatic rings. The second-order valence-electron chi connectivity index (χ2n) is 5.84. The number of fused-ring (bicyclic) bond motifs is 1. The van der Waals surface area contributed by atoms with Gasteiger partial charge in [-0.05, 0) is 44.9 Å². The second-order valence-corrected chi connectivity index (χ2v) is 5.84. The smallest absolute Gasteiger partial charge is 0.407 e. The van der Waals surface area contributed by atoms with E-state index in [1.165, 1.54) is 11.1 Å². The van der Waals surface area contributed by atoms with Gasteiger partial charge in [-0.1, -0.05) is 24.3 Å². The zero-order valence-corrected chi connectivity index (χ0v) is 11.8. The number of rotatable bonds is 2. The van der Waals surface area contributed by atoms with Gasteiger partial charge in [0, 0.05) is 6.54 Å². The van der Waals surface area contributed by atoms with Crippen LogP contribution in [0.2, 0.25) is 0 Å². The normalized spacial score (nSPS) is 18.6. The molecule has 0 spiro atoms. The third-order valence-electron chi connectivity index (χ3n) is 3.06. The van der Waals surface area contributed by atoms with Gasteiger partial charge in [0.2, 0.25) is 0 Å². The van der Waals surface area contributed by atoms with Gasteiger partial charge in [-0.25, -0.2) is 4.79 Å². The molecule has 0 saturated heterocycles. The van der Waals surface area contributed by atoms with Crippen LogP contribution in [0.3, 0.4) is 0 Å². The van der Waals surface area contributed by atoms with Gasteiger partial charge in [-0.3, -0.25) is 0 Å². The lowest BCUT2D eigenvalue weighted by molar-refractivity contribution is 0.0522. The van der Waals surface area contributed by atoms with Crippen LogP contribution in [0.15, 0.2) is 24.3 Å². The number of hydrogen-bond donors (Lipinski definition) is 2. The summed E-state index contributed by atoms with van der Waals surface area (Å²) in [6.07, 6.45) is 0.677. The number of nitrogens with one attached hydrogen (secondary N) is 2. The number of alkyl carbamates (subject to hydrolysis) is 1. The summed E-state index contributed by atoms with van der Waals surface area (Å²) in [6, 6.07) is 8.52. The molecule has 1 atom stereocenters. The molecular formula is C15H22N2O2. The predicted octanol–water partition coefficient (Wildman–Crippen LogP) is 2.40. The molecule has 2 rings (SSSR count). The number of amides is 1. The fourth-order valence-electron chi connectivity index (χ4n) is 2.27. The summed E-state index contributed by atoms with van der Waals surface area (Å²) in [5.41, 5.74) is 2.17. The molecule has 1 amide bonds. The van der Waals surface area contributed by atoms with Gasteiger partial charge < -0.3 is 15.4 Å². The maximum absolute atomic E-state index is 11.7. The predicted molar refractivity (Wildman–Crippen MR) is 75.1 cm³/mol. The summed E-state index contributed by atoms with van der Waals surface area (Å²) in [5.74, 6) is 0. The summed E-state index contributed by atoms with van der Waals surface area (Å²) >= 11 is 0. The first-order chi connectivity index (χ1) is 8.96. The Kier molecular flexibility index (Phi) is 4.10. The highest BCUT2D eigenvalue weighted by atomic mass is 16.6. The monoisotopic (exact) mass is 262 g/mol. The van der Waals surface area contributed by atoms with Gasteiger partial charge in [0.1, 0.15) is 5.60 Å². The highest BCUT2D eigenvalue weighted by Gasteiger charge is 2.21. The molecule has 19 heavy (non-hydrogen) atoms. The van der Waals surface area contributed by atoms with Crippen molar-refractivity contribution >= 4 is 6.09 Å². The lowest BCUT2D eigenvalue weighted by atomic mass is 9.94. The van der Waals surface area contributed by atoms with Gasteiger partial charge in [0.25, 0.3) is 0 Å². The standard InChI is InChI=1S/C15H22N2O2/c1-15(2,3)19-14(18)17-10-13-12-7-5-4-6-11(12)8-9-16-13/h4-7,13,16H,8-10H2,1-3H3,(H,17,18). The summed E-state index contributed by atoms with van der Waals surface area (Å²) in [5, 5.41) is 6.25. The van der Waals surface area contributed by atoms with Crippen LogP contribution in [-0.4, -0.2) is 24.8 Å². The van der Waals surface area contributed by atoms with Gasteiger partial charge in [0.15, 0.2) is 0 Å². The van der Waals surface area contributed by atoms with E-state index in [1.54, 1.807) is 0 Å². The molecule has 104 valence electrons. The van der Waals surface area contributed by atoms with E-state index < -0.39 is 5.60 Å². The van der Waals surface area contributed by atoms with Gasteiger partial charge in [-0.2, -0.15) is 0 Å². The van der Waals surface area contributed by atoms with E-state index in [-0.39, 0.29) is 12.1 Å². The molecule has 4 heteroatoms. The molecule has 1 unspecified atom stereocenters. The Balaban J connectivity index is 1.93. The molecule has 0 fully saturated rings. The minimum atomic E-state index is -0.456. The Labute approximate surface area is 114 Å². The molecule has 0 saturated carbocycles. The topological polar surface area (TPSA) is 50.4 Å². The van der Waals surface area contributed by atoms with E-state index in [0.29, 0.717) is 6.54 Å². The van der Waals surface area contributed by atoms with Crippen molar-refractivity contribution in [2.75, 3.05) is 13.1 Å². The van der Waals surface area contributed by atoms with Crippen LogP contribution >= 0.6 is 0 Å². The fraction of sp³-hybridized carbons (Fsp3) is 0.533. The third kappa shape index (κ3) is 3.96. The van der Waals surface area contributed by atoms with Gasteiger partial charge in [-0.15, -0.1) is 0 Å². The zero-order chi connectivity index (χ0) is 13.9. The average Bonchev–Trinajstić information content (AvgIpc) is 2.34. The van der Waals surface area contributed by atoms with Crippen LogP contribution in [0.1, 0.15) is 37.9 Å². The fourth-order valence-corrected chi connectivity index (χ4v) is 2.27. The highest BCUT2D eigenvalue weighted by molar-refractivity contribution is 5.67. The van der Waals surface area contributed by atoms with Crippen molar-refractivity contribution in [2.45, 2.75) is 38.8 Å². The molecular weight excluding hydrogens is 240 g/mol. The number of ether oxygens (including phenoxy) is 1. The van der Waals surface area contributed by atoms with Gasteiger partial charge >= 0.3 is 6.09 Å². The first kappa shape index (κ1) is 13.9. The molecule has 0 aliphatic carbocycles. The Morgan fingerprint density at radius 3 is 2.89 bits per heavy atom. The van der Waals surface area contributed by atoms with Gasteiger partial charge in [0.05, 0.1) is 6.04 Å². The van der Waals surface area contributed by atoms with E-state index in [1.807, 2.05) is 26.8 Å². The molecule has 0 bridgehead atoms. The number of carbonyl (C=O) groups is 1. The minimum absolute atomic E-state index is 0.164. The Morgan fingerprint density at radius 2 is 2.16 bits per heavy atom. The Hall–Kier alpha value is -1.55. The third-order valence-corrected chi connectivity index (χ3v) is 3.06. The second kappa shape index (κ2) is 5.61. The largest absolute Gasteiger partial charge is 0.444 e. The molecule has 4 nitrogen and oxygen atoms in total. The van der Waals surface area contributed by atoms with Crippen molar-refractivity contribution in [3.63, 3.8) is 0 Å². The minimum Gasteiger partial charge on any atom is -0.444 e. The number of benzene rings is 1. The summed E-state index contributed by atoms with van der Waals surface area (Å²) in [4.78, 5) is 11.7. The van der Waals surface area contributed by atoms with E-state index in [0.717, 1.165) is 13.0 Å². The number of hydrogen-bond acceptors (Lipinski definition) is 3. The average molecular weight is 262 g/mol. The summed E-state index contributed by atoms with van der Waals surface area (Å²) < 4.78 is 5.24. The summed E-state index contributed by atoms with van der Waals surface area (Å²) in [7, 11) is 0. The molecule has 1 aromatic carbocycles. The summed E-state index contributed by atoms with van der Waals surface area (Å²) in [6.45, 7) is 7.08. The highest BCUT2D eigenvalue weighted by Crippen LogP contribution is 2.21. The van der Waals surface area contributed by atoms with Crippen molar-refractivity contribution in [3.05, 3.63) is 35.4 Å². The van der Waals surface area contributed by atoms with Crippen molar-refractivity contribution in [1.82, 2.24) is 10.6 Å². The molecule has 2 N–H and O–H groups in total. The first-order valence-corrected chi connectivity index (χ1v) is 6.74.